The third kappa shape index (κ3) is 5.29. The summed E-state index contributed by atoms with van der Waals surface area (Å²) >= 11 is 0. The maximum atomic E-state index is 13.4. The SMILES string of the molecule is COc1ccccc1C(C)NC(=O)CN(c1ccc(C)cc1)S(=O)(=O)c1ccc(C)cc1. The van der Waals surface area contributed by atoms with Crippen LogP contribution in [0.5, 0.6) is 5.75 Å². The zero-order chi connectivity index (χ0) is 23.3. The van der Waals surface area contributed by atoms with E-state index in [0.29, 0.717) is 11.4 Å². The van der Waals surface area contributed by atoms with Gasteiger partial charge in [-0.1, -0.05) is 53.6 Å². The Morgan fingerprint density at radius 3 is 2.09 bits per heavy atom. The Morgan fingerprint density at radius 2 is 1.50 bits per heavy atom. The number of para-hydroxylation sites is 1. The van der Waals surface area contributed by atoms with Crippen LogP contribution in [0.3, 0.4) is 0 Å². The summed E-state index contributed by atoms with van der Waals surface area (Å²) in [6, 6.07) is 20.7. The van der Waals surface area contributed by atoms with Crippen LogP contribution >= 0.6 is 0 Å². The van der Waals surface area contributed by atoms with Gasteiger partial charge in [-0.2, -0.15) is 0 Å². The number of ether oxygens (including phenoxy) is 1. The average Bonchev–Trinajstić information content (AvgIpc) is 2.78. The number of amides is 1. The number of carbonyl (C=O) groups excluding carboxylic acids is 1. The highest BCUT2D eigenvalue weighted by Crippen LogP contribution is 2.26. The molecule has 3 aromatic carbocycles. The van der Waals surface area contributed by atoms with Crippen molar-refractivity contribution in [3.05, 3.63) is 89.5 Å². The smallest absolute Gasteiger partial charge is 0.264 e. The molecule has 0 aliphatic heterocycles. The number of rotatable bonds is 8. The largest absolute Gasteiger partial charge is 0.496 e. The highest BCUT2D eigenvalue weighted by Gasteiger charge is 2.28. The van der Waals surface area contributed by atoms with Gasteiger partial charge in [0.2, 0.25) is 5.91 Å². The summed E-state index contributed by atoms with van der Waals surface area (Å²) in [7, 11) is -2.37. The molecule has 0 aliphatic rings. The Kier molecular flexibility index (Phi) is 7.20. The average molecular weight is 453 g/mol. The van der Waals surface area contributed by atoms with E-state index in [1.165, 1.54) is 0 Å². The maximum absolute atomic E-state index is 13.4. The lowest BCUT2D eigenvalue weighted by atomic mass is 10.1. The van der Waals surface area contributed by atoms with Gasteiger partial charge in [0.05, 0.1) is 23.7 Å². The van der Waals surface area contributed by atoms with Crippen molar-refractivity contribution in [1.29, 1.82) is 0 Å². The molecule has 6 nitrogen and oxygen atoms in total. The number of hydrogen-bond acceptors (Lipinski definition) is 4. The molecule has 32 heavy (non-hydrogen) atoms. The van der Waals surface area contributed by atoms with Crippen molar-refractivity contribution < 1.29 is 17.9 Å². The molecule has 7 heteroatoms. The molecule has 1 atom stereocenters. The normalized spacial score (nSPS) is 12.1. The fraction of sp³-hybridized carbons (Fsp3) is 0.240. The second-order valence-corrected chi connectivity index (χ2v) is 9.55. The van der Waals surface area contributed by atoms with E-state index in [2.05, 4.69) is 5.32 Å². The van der Waals surface area contributed by atoms with Gasteiger partial charge in [0.25, 0.3) is 10.0 Å². The molecular formula is C25H28N2O4S. The summed E-state index contributed by atoms with van der Waals surface area (Å²) in [5.74, 6) is 0.239. The van der Waals surface area contributed by atoms with E-state index in [1.54, 1.807) is 43.5 Å². The van der Waals surface area contributed by atoms with E-state index in [1.807, 2.05) is 57.2 Å². The highest BCUT2D eigenvalue weighted by molar-refractivity contribution is 7.92. The van der Waals surface area contributed by atoms with Crippen LogP contribution in [0, 0.1) is 13.8 Å². The quantitative estimate of drug-likeness (QED) is 0.550. The first-order valence-corrected chi connectivity index (χ1v) is 11.7. The Morgan fingerprint density at radius 1 is 0.938 bits per heavy atom. The molecule has 3 rings (SSSR count). The lowest BCUT2D eigenvalue weighted by Crippen LogP contribution is -2.41. The Hall–Kier alpha value is -3.32. The number of carbonyl (C=O) groups is 1. The van der Waals surface area contributed by atoms with Gasteiger partial charge in [0, 0.05) is 5.56 Å². The highest BCUT2D eigenvalue weighted by atomic mass is 32.2. The number of aryl methyl sites for hydroxylation is 2. The van der Waals surface area contributed by atoms with Gasteiger partial charge in [-0.3, -0.25) is 9.10 Å². The molecule has 0 fully saturated rings. The first-order chi connectivity index (χ1) is 15.2. The monoisotopic (exact) mass is 452 g/mol. The fourth-order valence-corrected chi connectivity index (χ4v) is 4.80. The third-order valence-electron chi connectivity index (χ3n) is 5.20. The summed E-state index contributed by atoms with van der Waals surface area (Å²) in [6.45, 7) is 5.30. The number of nitrogens with zero attached hydrogens (tertiary/aromatic N) is 1. The molecule has 0 aromatic heterocycles. The van der Waals surface area contributed by atoms with Gasteiger partial charge in [0.1, 0.15) is 12.3 Å². The Balaban J connectivity index is 1.89. The second-order valence-electron chi connectivity index (χ2n) is 7.69. The predicted molar refractivity (Wildman–Crippen MR) is 126 cm³/mol. The van der Waals surface area contributed by atoms with Crippen LogP contribution in [0.4, 0.5) is 5.69 Å². The number of methoxy groups -OCH3 is 1. The molecule has 0 heterocycles. The molecule has 3 aromatic rings. The van der Waals surface area contributed by atoms with Gasteiger partial charge in [0.15, 0.2) is 0 Å². The van der Waals surface area contributed by atoms with Crippen LogP contribution in [0.2, 0.25) is 0 Å². The minimum Gasteiger partial charge on any atom is -0.496 e. The lowest BCUT2D eigenvalue weighted by Gasteiger charge is -2.25. The van der Waals surface area contributed by atoms with E-state index < -0.39 is 15.9 Å². The number of sulfonamides is 1. The summed E-state index contributed by atoms with van der Waals surface area (Å²) in [5.41, 5.74) is 3.19. The molecular weight excluding hydrogens is 424 g/mol. The third-order valence-corrected chi connectivity index (χ3v) is 6.99. The number of benzene rings is 3. The van der Waals surface area contributed by atoms with Crippen LogP contribution in [0.25, 0.3) is 0 Å². The van der Waals surface area contributed by atoms with Crippen molar-refractivity contribution in [3.63, 3.8) is 0 Å². The lowest BCUT2D eigenvalue weighted by molar-refractivity contribution is -0.120. The van der Waals surface area contributed by atoms with Gasteiger partial charge < -0.3 is 10.1 Å². The molecule has 0 saturated heterocycles. The fourth-order valence-electron chi connectivity index (χ4n) is 3.38. The van der Waals surface area contributed by atoms with Gasteiger partial charge >= 0.3 is 0 Å². The number of nitrogens with one attached hydrogen (secondary N) is 1. The zero-order valence-electron chi connectivity index (χ0n) is 18.7. The van der Waals surface area contributed by atoms with Crippen LogP contribution in [-0.2, 0) is 14.8 Å². The standard InChI is InChI=1S/C25H28N2O4S/c1-18-9-13-21(14-10-18)27(32(29,30)22-15-11-19(2)12-16-22)17-25(28)26-20(3)23-7-5-6-8-24(23)31-4/h5-16,20H,17H2,1-4H3,(H,26,28). The molecule has 0 bridgehead atoms. The zero-order valence-corrected chi connectivity index (χ0v) is 19.5. The molecule has 168 valence electrons. The van der Waals surface area contributed by atoms with Crippen molar-refractivity contribution in [2.24, 2.45) is 0 Å². The van der Waals surface area contributed by atoms with E-state index in [9.17, 15) is 13.2 Å². The minimum absolute atomic E-state index is 0.134. The van der Waals surface area contributed by atoms with E-state index >= 15 is 0 Å². The van der Waals surface area contributed by atoms with Gasteiger partial charge in [-0.25, -0.2) is 8.42 Å². The van der Waals surface area contributed by atoms with Crippen molar-refractivity contribution >= 4 is 21.6 Å². The van der Waals surface area contributed by atoms with Crippen molar-refractivity contribution in [2.75, 3.05) is 18.0 Å². The van der Waals surface area contributed by atoms with Crippen LogP contribution in [0.1, 0.15) is 29.7 Å². The Bertz CT molecular complexity index is 1170. The van der Waals surface area contributed by atoms with Crippen molar-refractivity contribution in [1.82, 2.24) is 5.32 Å². The Labute approximate surface area is 189 Å². The molecule has 1 amide bonds. The van der Waals surface area contributed by atoms with Gasteiger partial charge in [-0.15, -0.1) is 0 Å². The summed E-state index contributed by atoms with van der Waals surface area (Å²) < 4.78 is 33.4. The number of anilines is 1. The van der Waals surface area contributed by atoms with E-state index in [4.69, 9.17) is 4.74 Å². The first-order valence-electron chi connectivity index (χ1n) is 10.3. The molecule has 0 radical (unpaired) electrons. The molecule has 0 aliphatic carbocycles. The van der Waals surface area contributed by atoms with E-state index in [0.717, 1.165) is 21.0 Å². The van der Waals surface area contributed by atoms with Crippen LogP contribution < -0.4 is 14.4 Å². The van der Waals surface area contributed by atoms with Gasteiger partial charge in [-0.05, 0) is 51.1 Å². The minimum atomic E-state index is -3.94. The summed E-state index contributed by atoms with van der Waals surface area (Å²) in [6.07, 6.45) is 0. The van der Waals surface area contributed by atoms with Crippen molar-refractivity contribution in [2.45, 2.75) is 31.7 Å². The first kappa shape index (κ1) is 23.3. The van der Waals surface area contributed by atoms with Crippen LogP contribution in [0.15, 0.2) is 77.7 Å². The molecule has 0 saturated carbocycles. The summed E-state index contributed by atoms with van der Waals surface area (Å²) in [4.78, 5) is 13.1. The molecule has 1 unspecified atom stereocenters. The van der Waals surface area contributed by atoms with Crippen molar-refractivity contribution in [3.8, 4) is 5.75 Å². The number of hydrogen-bond donors (Lipinski definition) is 1. The van der Waals surface area contributed by atoms with Crippen LogP contribution in [-0.4, -0.2) is 28.0 Å². The van der Waals surface area contributed by atoms with E-state index in [-0.39, 0.29) is 17.5 Å². The topological polar surface area (TPSA) is 75.7 Å². The second kappa shape index (κ2) is 9.87. The molecule has 1 N–H and O–H groups in total. The molecule has 0 spiro atoms. The maximum Gasteiger partial charge on any atom is 0.264 e. The summed E-state index contributed by atoms with van der Waals surface area (Å²) in [5, 5.41) is 2.89. The predicted octanol–water partition coefficient (Wildman–Crippen LogP) is 4.38.